The van der Waals surface area contributed by atoms with Gasteiger partial charge in [0.2, 0.25) is 0 Å². The Hall–Kier alpha value is -4.14. The van der Waals surface area contributed by atoms with Crippen molar-refractivity contribution in [2.45, 2.75) is 13.5 Å². The highest BCUT2D eigenvalue weighted by atomic mass is 16.5. The number of aromatic nitrogens is 3. The molecule has 8 heteroatoms. The van der Waals surface area contributed by atoms with E-state index in [-0.39, 0.29) is 11.9 Å². The second-order valence-electron chi connectivity index (χ2n) is 7.98. The minimum Gasteiger partial charge on any atom is -0.424 e. The first-order valence-electron chi connectivity index (χ1n) is 11.4. The van der Waals surface area contributed by atoms with Gasteiger partial charge in [0.25, 0.3) is 5.91 Å². The van der Waals surface area contributed by atoms with Crippen LogP contribution in [0, 0.1) is 6.92 Å². The zero-order chi connectivity index (χ0) is 24.5. The van der Waals surface area contributed by atoms with E-state index in [9.17, 15) is 4.79 Å². The fourth-order valence-electron chi connectivity index (χ4n) is 3.37. The minimum absolute atomic E-state index is 0.190. The number of carbonyl (C=O) groups excluding carboxylic acids is 1. The van der Waals surface area contributed by atoms with E-state index in [1.807, 2.05) is 62.5 Å². The highest BCUT2D eigenvalue weighted by Crippen LogP contribution is 2.27. The summed E-state index contributed by atoms with van der Waals surface area (Å²) in [6.07, 6.45) is 5.09. The minimum atomic E-state index is -0.190. The number of pyridine rings is 1. The second kappa shape index (κ2) is 11.8. The average Bonchev–Trinajstić information content (AvgIpc) is 2.89. The molecule has 2 aromatic carbocycles. The van der Waals surface area contributed by atoms with Gasteiger partial charge in [-0.3, -0.25) is 9.78 Å². The molecular weight excluding hydrogens is 440 g/mol. The van der Waals surface area contributed by atoms with E-state index in [1.165, 1.54) is 0 Å². The van der Waals surface area contributed by atoms with Crippen LogP contribution in [0.1, 0.15) is 21.5 Å². The zero-order valence-corrected chi connectivity index (χ0v) is 19.8. The van der Waals surface area contributed by atoms with Gasteiger partial charge in [-0.15, -0.1) is 0 Å². The summed E-state index contributed by atoms with van der Waals surface area (Å²) in [5, 5.41) is 9.38. The van der Waals surface area contributed by atoms with Gasteiger partial charge in [-0.1, -0.05) is 18.2 Å². The second-order valence-corrected chi connectivity index (χ2v) is 7.98. The highest BCUT2D eigenvalue weighted by molar-refractivity contribution is 6.04. The molecule has 0 saturated heterocycles. The molecule has 35 heavy (non-hydrogen) atoms. The summed E-state index contributed by atoms with van der Waals surface area (Å²) in [5.41, 5.74) is 4.81. The lowest BCUT2D eigenvalue weighted by Gasteiger charge is -2.11. The van der Waals surface area contributed by atoms with Gasteiger partial charge < -0.3 is 20.7 Å². The predicted molar refractivity (Wildman–Crippen MR) is 137 cm³/mol. The first kappa shape index (κ1) is 24.0. The van der Waals surface area contributed by atoms with Crippen molar-refractivity contribution in [1.29, 1.82) is 0 Å². The number of aryl methyl sites for hydroxylation is 1. The summed E-state index contributed by atoms with van der Waals surface area (Å²) in [5.74, 6) is 0.374. The van der Waals surface area contributed by atoms with E-state index in [0.29, 0.717) is 22.7 Å². The lowest BCUT2D eigenvalue weighted by atomic mass is 10.1. The van der Waals surface area contributed by atoms with Crippen LogP contribution >= 0.6 is 0 Å². The summed E-state index contributed by atoms with van der Waals surface area (Å²) in [6, 6.07) is 18.9. The highest BCUT2D eigenvalue weighted by Gasteiger charge is 2.11. The Kier molecular flexibility index (Phi) is 8.11. The molecule has 4 aromatic rings. The Morgan fingerprint density at radius 3 is 2.63 bits per heavy atom. The quantitative estimate of drug-likeness (QED) is 0.300. The molecule has 8 nitrogen and oxygen atoms in total. The third-order valence-corrected chi connectivity index (χ3v) is 5.34. The van der Waals surface area contributed by atoms with Crippen molar-refractivity contribution < 1.29 is 9.53 Å². The number of nitrogens with one attached hydrogen (secondary N) is 3. The standard InChI is InChI=1S/C27H28N6O2/c1-19-5-10-23(32-26(34)21-8-6-20(7-9-21)17-30-15-14-28-2)16-25(19)35-27-31-13-11-24(33-27)22-4-3-12-29-18-22/h3-13,16,18,28,30H,14-15,17H2,1-2H3,(H,32,34). The van der Waals surface area contributed by atoms with Crippen molar-refractivity contribution in [3.8, 4) is 23.0 Å². The molecule has 0 unspecified atom stereocenters. The van der Waals surface area contributed by atoms with E-state index >= 15 is 0 Å². The van der Waals surface area contributed by atoms with Crippen molar-refractivity contribution >= 4 is 11.6 Å². The van der Waals surface area contributed by atoms with Gasteiger partial charge in [0.05, 0.1) is 5.69 Å². The van der Waals surface area contributed by atoms with Crippen LogP contribution in [0.5, 0.6) is 11.8 Å². The number of ether oxygens (including phenoxy) is 1. The maximum absolute atomic E-state index is 12.8. The van der Waals surface area contributed by atoms with E-state index < -0.39 is 0 Å². The largest absolute Gasteiger partial charge is 0.424 e. The Balaban J connectivity index is 1.42. The van der Waals surface area contributed by atoms with E-state index in [4.69, 9.17) is 4.74 Å². The van der Waals surface area contributed by atoms with E-state index in [1.54, 1.807) is 30.7 Å². The van der Waals surface area contributed by atoms with Crippen LogP contribution in [0.4, 0.5) is 5.69 Å². The normalized spacial score (nSPS) is 10.7. The van der Waals surface area contributed by atoms with Crippen molar-refractivity contribution in [2.24, 2.45) is 0 Å². The molecule has 0 aliphatic carbocycles. The van der Waals surface area contributed by atoms with Crippen molar-refractivity contribution in [1.82, 2.24) is 25.6 Å². The molecule has 2 aromatic heterocycles. The summed E-state index contributed by atoms with van der Waals surface area (Å²) < 4.78 is 5.96. The monoisotopic (exact) mass is 468 g/mol. The third-order valence-electron chi connectivity index (χ3n) is 5.34. The number of anilines is 1. The number of rotatable bonds is 10. The van der Waals surface area contributed by atoms with Crippen molar-refractivity contribution in [3.63, 3.8) is 0 Å². The molecule has 0 aliphatic rings. The number of hydrogen-bond acceptors (Lipinski definition) is 7. The molecule has 0 fully saturated rings. The Bertz CT molecular complexity index is 1260. The topological polar surface area (TPSA) is 101 Å². The lowest BCUT2D eigenvalue weighted by Crippen LogP contribution is -2.24. The number of likely N-dealkylation sites (N-methyl/N-ethyl adjacent to an activating group) is 1. The van der Waals surface area contributed by atoms with Crippen LogP contribution in [-0.2, 0) is 6.54 Å². The smallest absolute Gasteiger partial charge is 0.322 e. The van der Waals surface area contributed by atoms with Crippen molar-refractivity contribution in [2.75, 3.05) is 25.5 Å². The van der Waals surface area contributed by atoms with Crippen LogP contribution < -0.4 is 20.7 Å². The fourth-order valence-corrected chi connectivity index (χ4v) is 3.37. The molecule has 2 heterocycles. The number of benzene rings is 2. The predicted octanol–water partition coefficient (Wildman–Crippen LogP) is 4.20. The first-order chi connectivity index (χ1) is 17.1. The molecule has 0 aliphatic heterocycles. The fraction of sp³-hybridized carbons (Fsp3) is 0.185. The SMILES string of the molecule is CNCCNCc1ccc(C(=O)Nc2ccc(C)c(Oc3nccc(-c4cccnc4)n3)c2)cc1. The van der Waals surface area contributed by atoms with Crippen LogP contribution in [0.2, 0.25) is 0 Å². The van der Waals surface area contributed by atoms with Crippen LogP contribution in [0.3, 0.4) is 0 Å². The molecule has 0 bridgehead atoms. The average molecular weight is 469 g/mol. The number of hydrogen-bond donors (Lipinski definition) is 3. The van der Waals surface area contributed by atoms with E-state index in [0.717, 1.165) is 36.3 Å². The van der Waals surface area contributed by atoms with Gasteiger partial charge in [0, 0.05) is 61.1 Å². The molecule has 3 N–H and O–H groups in total. The Labute approximate surface area is 204 Å². The van der Waals surface area contributed by atoms with Gasteiger partial charge in [-0.2, -0.15) is 4.98 Å². The molecule has 0 saturated carbocycles. The molecular formula is C27H28N6O2. The number of nitrogens with zero attached hydrogens (tertiary/aromatic N) is 3. The molecule has 0 radical (unpaired) electrons. The molecule has 178 valence electrons. The molecule has 0 atom stereocenters. The number of amides is 1. The van der Waals surface area contributed by atoms with E-state index in [2.05, 4.69) is 30.9 Å². The molecule has 4 rings (SSSR count). The maximum Gasteiger partial charge on any atom is 0.322 e. The van der Waals surface area contributed by atoms with Crippen molar-refractivity contribution in [3.05, 3.63) is 95.9 Å². The number of carbonyl (C=O) groups is 1. The lowest BCUT2D eigenvalue weighted by molar-refractivity contribution is 0.102. The first-order valence-corrected chi connectivity index (χ1v) is 11.4. The summed E-state index contributed by atoms with van der Waals surface area (Å²) in [4.78, 5) is 25.6. The Morgan fingerprint density at radius 2 is 1.86 bits per heavy atom. The molecule has 1 amide bonds. The summed E-state index contributed by atoms with van der Waals surface area (Å²) >= 11 is 0. The van der Waals surface area contributed by atoms with Crippen LogP contribution in [0.25, 0.3) is 11.3 Å². The van der Waals surface area contributed by atoms with Gasteiger partial charge in [-0.05, 0) is 61.5 Å². The van der Waals surface area contributed by atoms with Crippen LogP contribution in [0.15, 0.2) is 79.3 Å². The Morgan fingerprint density at radius 1 is 1.00 bits per heavy atom. The summed E-state index contributed by atoms with van der Waals surface area (Å²) in [6.45, 7) is 4.47. The van der Waals surface area contributed by atoms with Crippen LogP contribution in [-0.4, -0.2) is 41.0 Å². The zero-order valence-electron chi connectivity index (χ0n) is 19.8. The third kappa shape index (κ3) is 6.69. The molecule has 0 spiro atoms. The van der Waals surface area contributed by atoms with Gasteiger partial charge >= 0.3 is 6.01 Å². The van der Waals surface area contributed by atoms with Gasteiger partial charge in [-0.25, -0.2) is 4.98 Å². The van der Waals surface area contributed by atoms with Gasteiger partial charge in [0.1, 0.15) is 5.75 Å². The summed E-state index contributed by atoms with van der Waals surface area (Å²) in [7, 11) is 1.92. The van der Waals surface area contributed by atoms with Gasteiger partial charge in [0.15, 0.2) is 0 Å². The maximum atomic E-state index is 12.8.